The number of carbonyl (C=O) groups excluding carboxylic acids is 1. The van der Waals surface area contributed by atoms with Crippen LogP contribution in [-0.4, -0.2) is 10.9 Å². The van der Waals surface area contributed by atoms with Gasteiger partial charge in [-0.3, -0.25) is 4.79 Å². The number of oxazole rings is 1. The fourth-order valence-corrected chi connectivity index (χ4v) is 2.45. The number of hydrogen-bond donors (Lipinski definition) is 1. The van der Waals surface area contributed by atoms with Crippen molar-refractivity contribution in [3.05, 3.63) is 78.5 Å². The van der Waals surface area contributed by atoms with Gasteiger partial charge in [0.05, 0.1) is 6.26 Å². The first-order valence-corrected chi connectivity index (χ1v) is 7.86. The zero-order chi connectivity index (χ0) is 17.9. The molecule has 2 heterocycles. The molecule has 4 rings (SSSR count). The molecule has 2 aromatic heterocycles. The number of benzene rings is 2. The summed E-state index contributed by atoms with van der Waals surface area (Å²) in [5.41, 5.74) is 2.44. The molecule has 0 radical (unpaired) electrons. The lowest BCUT2D eigenvalue weighted by Crippen LogP contribution is -2.07. The van der Waals surface area contributed by atoms with Gasteiger partial charge in [0.2, 0.25) is 11.8 Å². The minimum Gasteiger partial charge on any atom is -0.465 e. The molecule has 0 saturated heterocycles. The van der Waals surface area contributed by atoms with Gasteiger partial charge in [-0.25, -0.2) is 9.37 Å². The Morgan fingerprint density at radius 3 is 2.73 bits per heavy atom. The molecule has 0 aliphatic rings. The second-order valence-electron chi connectivity index (χ2n) is 5.55. The molecule has 5 nitrogen and oxygen atoms in total. The van der Waals surface area contributed by atoms with Gasteiger partial charge in [0, 0.05) is 17.3 Å². The third-order valence-corrected chi connectivity index (χ3v) is 3.69. The van der Waals surface area contributed by atoms with Gasteiger partial charge in [-0.2, -0.15) is 0 Å². The summed E-state index contributed by atoms with van der Waals surface area (Å²) >= 11 is 0. The van der Waals surface area contributed by atoms with Crippen LogP contribution in [-0.2, 0) is 4.79 Å². The Morgan fingerprint density at radius 1 is 1.12 bits per heavy atom. The first kappa shape index (κ1) is 15.8. The van der Waals surface area contributed by atoms with Crippen molar-refractivity contribution in [2.24, 2.45) is 0 Å². The molecule has 0 saturated carbocycles. The number of nitrogens with one attached hydrogen (secondary N) is 1. The van der Waals surface area contributed by atoms with Crippen molar-refractivity contribution in [1.29, 1.82) is 0 Å². The molecular formula is C20H13FN2O3. The molecular weight excluding hydrogens is 335 g/mol. The average Bonchev–Trinajstić information content (AvgIpc) is 3.30. The van der Waals surface area contributed by atoms with Gasteiger partial charge in [-0.1, -0.05) is 0 Å². The number of aromatic nitrogens is 1. The van der Waals surface area contributed by atoms with Crippen LogP contribution in [0.3, 0.4) is 0 Å². The number of fused-ring (bicyclic) bond motifs is 1. The standard InChI is InChI=1S/C20H13FN2O3/c21-14-5-3-13(4-6-14)20-23-17-12-15(7-9-18(17)26-20)22-19(24)10-8-16-2-1-11-25-16/h1-12H,(H,22,24). The van der Waals surface area contributed by atoms with E-state index in [4.69, 9.17) is 8.83 Å². The largest absolute Gasteiger partial charge is 0.465 e. The second-order valence-corrected chi connectivity index (χ2v) is 5.55. The molecule has 0 atom stereocenters. The maximum Gasteiger partial charge on any atom is 0.248 e. The van der Waals surface area contributed by atoms with Crippen molar-refractivity contribution in [3.63, 3.8) is 0 Å². The van der Waals surface area contributed by atoms with Gasteiger partial charge in [-0.15, -0.1) is 0 Å². The first-order valence-electron chi connectivity index (χ1n) is 7.86. The van der Waals surface area contributed by atoms with Crippen molar-refractivity contribution >= 4 is 28.8 Å². The maximum atomic E-state index is 13.0. The summed E-state index contributed by atoms with van der Waals surface area (Å²) in [5.74, 6) is 0.373. The number of rotatable bonds is 4. The van der Waals surface area contributed by atoms with Gasteiger partial charge in [0.25, 0.3) is 0 Å². The summed E-state index contributed by atoms with van der Waals surface area (Å²) in [5, 5.41) is 2.75. The van der Waals surface area contributed by atoms with Crippen LogP contribution in [0.4, 0.5) is 10.1 Å². The Labute approximate surface area is 147 Å². The normalized spacial score (nSPS) is 11.3. The number of carbonyl (C=O) groups is 1. The number of nitrogens with zero attached hydrogens (tertiary/aromatic N) is 1. The molecule has 6 heteroatoms. The SMILES string of the molecule is O=C(C=Cc1ccco1)Nc1ccc2oc(-c3ccc(F)cc3)nc2c1. The molecule has 0 unspecified atom stereocenters. The maximum absolute atomic E-state index is 13.0. The number of anilines is 1. The Morgan fingerprint density at radius 2 is 1.96 bits per heavy atom. The smallest absolute Gasteiger partial charge is 0.248 e. The van der Waals surface area contributed by atoms with Gasteiger partial charge < -0.3 is 14.2 Å². The van der Waals surface area contributed by atoms with Crippen LogP contribution in [0.5, 0.6) is 0 Å². The average molecular weight is 348 g/mol. The van der Waals surface area contributed by atoms with Crippen molar-refractivity contribution in [1.82, 2.24) is 4.98 Å². The van der Waals surface area contributed by atoms with Crippen molar-refractivity contribution in [2.75, 3.05) is 5.32 Å². The molecule has 1 amide bonds. The molecule has 128 valence electrons. The van der Waals surface area contributed by atoms with Gasteiger partial charge in [0.15, 0.2) is 5.58 Å². The highest BCUT2D eigenvalue weighted by Gasteiger charge is 2.09. The number of halogens is 1. The van der Waals surface area contributed by atoms with Crippen LogP contribution < -0.4 is 5.32 Å². The first-order chi connectivity index (χ1) is 12.7. The summed E-state index contributed by atoms with van der Waals surface area (Å²) < 4.78 is 23.8. The Hall–Kier alpha value is -3.67. The highest BCUT2D eigenvalue weighted by atomic mass is 19.1. The molecule has 26 heavy (non-hydrogen) atoms. The third-order valence-electron chi connectivity index (χ3n) is 3.69. The van der Waals surface area contributed by atoms with Crippen LogP contribution in [0.1, 0.15) is 5.76 Å². The lowest BCUT2D eigenvalue weighted by atomic mass is 10.2. The topological polar surface area (TPSA) is 68.3 Å². The van der Waals surface area contributed by atoms with Gasteiger partial charge >= 0.3 is 0 Å². The zero-order valence-corrected chi connectivity index (χ0v) is 13.5. The van der Waals surface area contributed by atoms with Crippen molar-refractivity contribution in [3.8, 4) is 11.5 Å². The van der Waals surface area contributed by atoms with E-state index in [1.807, 2.05) is 0 Å². The van der Waals surface area contributed by atoms with E-state index >= 15 is 0 Å². The lowest BCUT2D eigenvalue weighted by Gasteiger charge is -2.00. The van der Waals surface area contributed by atoms with Gasteiger partial charge in [0.1, 0.15) is 17.1 Å². The van der Waals surface area contributed by atoms with E-state index in [-0.39, 0.29) is 11.7 Å². The monoisotopic (exact) mass is 348 g/mol. The Kier molecular flexibility index (Phi) is 4.07. The molecule has 0 spiro atoms. The number of furan rings is 1. The van der Waals surface area contributed by atoms with E-state index < -0.39 is 0 Å². The molecule has 0 aliphatic carbocycles. The minimum absolute atomic E-state index is 0.289. The molecule has 0 aliphatic heterocycles. The zero-order valence-electron chi connectivity index (χ0n) is 13.5. The Bertz CT molecular complexity index is 1080. The molecule has 0 bridgehead atoms. The van der Waals surface area contributed by atoms with Crippen molar-refractivity contribution in [2.45, 2.75) is 0 Å². The minimum atomic E-state index is -0.322. The van der Waals surface area contributed by atoms with Crippen LogP contribution in [0.2, 0.25) is 0 Å². The molecule has 2 aromatic carbocycles. The van der Waals surface area contributed by atoms with E-state index in [0.29, 0.717) is 34.0 Å². The summed E-state index contributed by atoms with van der Waals surface area (Å²) in [6.45, 7) is 0. The van der Waals surface area contributed by atoms with Crippen molar-refractivity contribution < 1.29 is 18.0 Å². The summed E-state index contributed by atoms with van der Waals surface area (Å²) in [6.07, 6.45) is 4.50. The third kappa shape index (κ3) is 3.39. The molecule has 1 N–H and O–H groups in total. The van der Waals surface area contributed by atoms with Crippen LogP contribution in [0.25, 0.3) is 28.6 Å². The quantitative estimate of drug-likeness (QED) is 0.534. The lowest BCUT2D eigenvalue weighted by molar-refractivity contribution is -0.111. The number of hydrogen-bond acceptors (Lipinski definition) is 4. The second kappa shape index (κ2) is 6.68. The van der Waals surface area contributed by atoms with E-state index in [2.05, 4.69) is 10.3 Å². The van der Waals surface area contributed by atoms with Crippen LogP contribution in [0, 0.1) is 5.82 Å². The highest BCUT2D eigenvalue weighted by molar-refractivity contribution is 6.02. The van der Waals surface area contributed by atoms with E-state index in [1.54, 1.807) is 48.5 Å². The summed E-state index contributed by atoms with van der Waals surface area (Å²) in [6, 6.07) is 14.6. The van der Waals surface area contributed by atoms with Crippen LogP contribution >= 0.6 is 0 Å². The summed E-state index contributed by atoms with van der Waals surface area (Å²) in [4.78, 5) is 16.4. The van der Waals surface area contributed by atoms with E-state index in [1.165, 1.54) is 24.5 Å². The predicted molar refractivity (Wildman–Crippen MR) is 95.8 cm³/mol. The Balaban J connectivity index is 1.53. The fourth-order valence-electron chi connectivity index (χ4n) is 2.45. The van der Waals surface area contributed by atoms with E-state index in [0.717, 1.165) is 0 Å². The van der Waals surface area contributed by atoms with E-state index in [9.17, 15) is 9.18 Å². The summed E-state index contributed by atoms with van der Waals surface area (Å²) in [7, 11) is 0. The predicted octanol–water partition coefficient (Wildman–Crippen LogP) is 4.88. The molecule has 0 fully saturated rings. The van der Waals surface area contributed by atoms with Gasteiger partial charge in [-0.05, 0) is 60.7 Å². The van der Waals surface area contributed by atoms with Crippen LogP contribution in [0.15, 0.2) is 75.8 Å². The highest BCUT2D eigenvalue weighted by Crippen LogP contribution is 2.26. The number of amides is 1. The molecule has 4 aromatic rings. The fraction of sp³-hybridized carbons (Fsp3) is 0.